The molecule has 2 aromatic carbocycles. The summed E-state index contributed by atoms with van der Waals surface area (Å²) >= 11 is 5.85. The van der Waals surface area contributed by atoms with Crippen LogP contribution in [-0.4, -0.2) is 26.4 Å². The first kappa shape index (κ1) is 19.5. The molecular weight excluding hydrogens is 380 g/mol. The van der Waals surface area contributed by atoms with Gasteiger partial charge in [-0.15, -0.1) is 0 Å². The molecule has 8 nitrogen and oxygen atoms in total. The Kier molecular flexibility index (Phi) is 6.06. The first-order valence-electron chi connectivity index (χ1n) is 7.42. The predicted octanol–water partition coefficient (Wildman–Crippen LogP) is 2.14. The van der Waals surface area contributed by atoms with Crippen LogP contribution in [0.3, 0.4) is 0 Å². The van der Waals surface area contributed by atoms with Gasteiger partial charge in [-0.25, -0.2) is 13.2 Å². The highest BCUT2D eigenvalue weighted by atomic mass is 35.5. The van der Waals surface area contributed by atoms with Gasteiger partial charge in [-0.2, -0.15) is 0 Å². The van der Waals surface area contributed by atoms with Crippen LogP contribution >= 0.6 is 11.6 Å². The molecule has 0 spiro atoms. The van der Waals surface area contributed by atoms with E-state index in [-0.39, 0.29) is 10.6 Å². The number of nitrogens with two attached hydrogens (primary N) is 1. The summed E-state index contributed by atoms with van der Waals surface area (Å²) in [5, 5.41) is 5.13. The minimum atomic E-state index is -3.88. The van der Waals surface area contributed by atoms with Crippen molar-refractivity contribution >= 4 is 44.9 Å². The summed E-state index contributed by atoms with van der Waals surface area (Å²) in [7, 11) is -3.88. The van der Waals surface area contributed by atoms with Gasteiger partial charge in [0.25, 0.3) is 10.0 Å². The van der Waals surface area contributed by atoms with Gasteiger partial charge in [0.1, 0.15) is 6.04 Å². The number of primary amides is 1. The second-order valence-electron chi connectivity index (χ2n) is 5.36. The first-order valence-corrected chi connectivity index (χ1v) is 9.29. The lowest BCUT2D eigenvalue weighted by Crippen LogP contribution is -2.44. The van der Waals surface area contributed by atoms with Crippen LogP contribution in [0.2, 0.25) is 5.02 Å². The third kappa shape index (κ3) is 5.36. The number of rotatable bonds is 6. The SMILES string of the molecule is C[C@H](NC(N)=O)C(=O)Nc1cccc(S(=O)(=O)Nc2cccc(Cl)c2)c1. The fourth-order valence-corrected chi connectivity index (χ4v) is 3.32. The van der Waals surface area contributed by atoms with E-state index in [9.17, 15) is 18.0 Å². The molecule has 5 N–H and O–H groups in total. The molecule has 2 rings (SSSR count). The average molecular weight is 397 g/mol. The Morgan fingerprint density at radius 2 is 1.73 bits per heavy atom. The van der Waals surface area contributed by atoms with Crippen molar-refractivity contribution in [3.8, 4) is 0 Å². The number of benzene rings is 2. The minimum Gasteiger partial charge on any atom is -0.352 e. The van der Waals surface area contributed by atoms with E-state index in [1.807, 2.05) is 0 Å². The predicted molar refractivity (Wildman–Crippen MR) is 99.5 cm³/mol. The molecule has 0 radical (unpaired) electrons. The van der Waals surface area contributed by atoms with Crippen molar-refractivity contribution in [3.05, 3.63) is 53.6 Å². The van der Waals surface area contributed by atoms with Crippen molar-refractivity contribution < 1.29 is 18.0 Å². The van der Waals surface area contributed by atoms with Gasteiger partial charge in [0.2, 0.25) is 5.91 Å². The molecule has 0 saturated heterocycles. The summed E-state index contributed by atoms with van der Waals surface area (Å²) in [6.45, 7) is 1.45. The number of anilines is 2. The Balaban J connectivity index is 2.17. The second kappa shape index (κ2) is 8.07. The monoisotopic (exact) mass is 396 g/mol. The summed E-state index contributed by atoms with van der Waals surface area (Å²) in [4.78, 5) is 22.7. The van der Waals surface area contributed by atoms with Crippen molar-refractivity contribution in [1.82, 2.24) is 5.32 Å². The summed E-state index contributed by atoms with van der Waals surface area (Å²) in [6.07, 6.45) is 0. The standard InChI is InChI=1S/C16H17ClN4O4S/c1-10(19-16(18)23)15(22)20-12-5-3-7-14(9-12)26(24,25)21-13-6-2-4-11(17)8-13/h2-10,21H,1H3,(H,20,22)(H3,18,19,23)/t10-/m0/s1. The van der Waals surface area contributed by atoms with E-state index in [0.717, 1.165) is 0 Å². The Morgan fingerprint density at radius 3 is 2.38 bits per heavy atom. The van der Waals surface area contributed by atoms with Crippen LogP contribution in [0.15, 0.2) is 53.4 Å². The summed E-state index contributed by atoms with van der Waals surface area (Å²) in [5.41, 5.74) is 5.53. The van der Waals surface area contributed by atoms with E-state index in [2.05, 4.69) is 15.4 Å². The lowest BCUT2D eigenvalue weighted by atomic mass is 10.2. The van der Waals surface area contributed by atoms with Gasteiger partial charge in [0.05, 0.1) is 10.6 Å². The van der Waals surface area contributed by atoms with Crippen molar-refractivity contribution in [2.45, 2.75) is 17.9 Å². The molecule has 0 heterocycles. The molecule has 0 aromatic heterocycles. The molecule has 0 unspecified atom stereocenters. The van der Waals surface area contributed by atoms with Crippen molar-refractivity contribution in [1.29, 1.82) is 0 Å². The molecule has 0 aliphatic heterocycles. The Morgan fingerprint density at radius 1 is 1.08 bits per heavy atom. The maximum atomic E-state index is 12.5. The molecule has 0 bridgehead atoms. The number of sulfonamides is 1. The van der Waals surface area contributed by atoms with E-state index in [1.165, 1.54) is 37.3 Å². The van der Waals surface area contributed by atoms with E-state index in [0.29, 0.717) is 10.7 Å². The zero-order valence-electron chi connectivity index (χ0n) is 13.7. The number of halogens is 1. The highest BCUT2D eigenvalue weighted by molar-refractivity contribution is 7.92. The Hall–Kier alpha value is -2.78. The van der Waals surface area contributed by atoms with Crippen LogP contribution in [0.4, 0.5) is 16.2 Å². The fourth-order valence-electron chi connectivity index (χ4n) is 2.04. The van der Waals surface area contributed by atoms with Gasteiger partial charge < -0.3 is 16.4 Å². The molecule has 0 aliphatic rings. The van der Waals surface area contributed by atoms with Crippen molar-refractivity contribution in [2.75, 3.05) is 10.0 Å². The van der Waals surface area contributed by atoms with Crippen LogP contribution in [0, 0.1) is 0 Å². The molecule has 10 heteroatoms. The van der Waals surface area contributed by atoms with Crippen molar-refractivity contribution in [2.24, 2.45) is 5.73 Å². The smallest absolute Gasteiger partial charge is 0.312 e. The highest BCUT2D eigenvalue weighted by Crippen LogP contribution is 2.21. The summed E-state index contributed by atoms with van der Waals surface area (Å²) < 4.78 is 27.4. The number of carbonyl (C=O) groups excluding carboxylic acids is 2. The lowest BCUT2D eigenvalue weighted by molar-refractivity contribution is -0.117. The van der Waals surface area contributed by atoms with Crippen molar-refractivity contribution in [3.63, 3.8) is 0 Å². The Labute approximate surface area is 155 Å². The molecule has 0 fully saturated rings. The zero-order chi connectivity index (χ0) is 19.3. The van der Waals surface area contributed by atoms with E-state index < -0.39 is 28.0 Å². The number of amides is 3. The van der Waals surface area contributed by atoms with E-state index in [1.54, 1.807) is 18.2 Å². The van der Waals surface area contributed by atoms with Gasteiger partial charge in [0.15, 0.2) is 0 Å². The maximum Gasteiger partial charge on any atom is 0.312 e. The number of hydrogen-bond acceptors (Lipinski definition) is 4. The molecule has 26 heavy (non-hydrogen) atoms. The highest BCUT2D eigenvalue weighted by Gasteiger charge is 2.17. The van der Waals surface area contributed by atoms with Crippen LogP contribution in [0.5, 0.6) is 0 Å². The van der Waals surface area contributed by atoms with Gasteiger partial charge in [0, 0.05) is 10.7 Å². The third-order valence-corrected chi connectivity index (χ3v) is 4.85. The minimum absolute atomic E-state index is 0.0502. The summed E-state index contributed by atoms with van der Waals surface area (Å²) in [6, 6.07) is 10.2. The van der Waals surface area contributed by atoms with Gasteiger partial charge in [-0.05, 0) is 43.3 Å². The first-order chi connectivity index (χ1) is 12.2. The lowest BCUT2D eigenvalue weighted by Gasteiger charge is -2.13. The summed E-state index contributed by atoms with van der Waals surface area (Å²) in [5.74, 6) is -0.541. The van der Waals surface area contributed by atoms with Crippen LogP contribution in [-0.2, 0) is 14.8 Å². The number of urea groups is 1. The number of nitrogens with one attached hydrogen (secondary N) is 3. The topological polar surface area (TPSA) is 130 Å². The van der Waals surface area contributed by atoms with Crippen LogP contribution in [0.1, 0.15) is 6.92 Å². The van der Waals surface area contributed by atoms with Gasteiger partial charge in [-0.1, -0.05) is 23.7 Å². The fraction of sp³-hybridized carbons (Fsp3) is 0.125. The largest absolute Gasteiger partial charge is 0.352 e. The van der Waals surface area contributed by atoms with Gasteiger partial charge >= 0.3 is 6.03 Å². The second-order valence-corrected chi connectivity index (χ2v) is 7.48. The molecule has 138 valence electrons. The van der Waals surface area contributed by atoms with E-state index >= 15 is 0 Å². The molecule has 3 amide bonds. The molecule has 0 saturated carbocycles. The molecule has 0 aliphatic carbocycles. The van der Waals surface area contributed by atoms with E-state index in [4.69, 9.17) is 17.3 Å². The quantitative estimate of drug-likeness (QED) is 0.595. The average Bonchev–Trinajstić information content (AvgIpc) is 2.54. The van der Waals surface area contributed by atoms with Gasteiger partial charge in [-0.3, -0.25) is 9.52 Å². The van der Waals surface area contributed by atoms with Crippen LogP contribution < -0.4 is 21.1 Å². The number of carbonyl (C=O) groups is 2. The zero-order valence-corrected chi connectivity index (χ0v) is 15.3. The normalized spacial score (nSPS) is 12.1. The molecule has 1 atom stereocenters. The molecule has 2 aromatic rings. The number of hydrogen-bond donors (Lipinski definition) is 4. The molecular formula is C16H17ClN4O4S. The third-order valence-electron chi connectivity index (χ3n) is 3.24. The maximum absolute atomic E-state index is 12.5. The Bertz CT molecular complexity index is 933. The van der Waals surface area contributed by atoms with Crippen LogP contribution in [0.25, 0.3) is 0 Å².